The van der Waals surface area contributed by atoms with Crippen LogP contribution in [0.1, 0.15) is 53.4 Å². The molecule has 5 atom stereocenters. The summed E-state index contributed by atoms with van der Waals surface area (Å²) >= 11 is 0. The number of nitrogens with zero attached hydrogens (tertiary/aromatic N) is 1. The molecule has 1 aliphatic rings. The van der Waals surface area contributed by atoms with Gasteiger partial charge in [0.2, 0.25) is 6.41 Å². The van der Waals surface area contributed by atoms with Gasteiger partial charge < -0.3 is 15.0 Å². The van der Waals surface area contributed by atoms with Gasteiger partial charge in [0.25, 0.3) is 0 Å². The Morgan fingerprint density at radius 2 is 2.11 bits per heavy atom. The number of likely N-dealkylation sites (tertiary alicyclic amines) is 1. The van der Waals surface area contributed by atoms with Crippen LogP contribution in [0.5, 0.6) is 0 Å². The van der Waals surface area contributed by atoms with Crippen molar-refractivity contribution < 1.29 is 9.53 Å². The van der Waals surface area contributed by atoms with E-state index >= 15 is 0 Å². The Labute approximate surface area is 172 Å². The lowest BCUT2D eigenvalue weighted by molar-refractivity contribution is -0.122. The van der Waals surface area contributed by atoms with Crippen LogP contribution in [0.2, 0.25) is 0 Å². The van der Waals surface area contributed by atoms with E-state index < -0.39 is 0 Å². The quantitative estimate of drug-likeness (QED) is 0.362. The highest BCUT2D eigenvalue weighted by Crippen LogP contribution is 2.29. The number of rotatable bonds is 13. The SMILES string of the molecule is C=C/C=C(\C=C/C)C(CCC)[C@@H](C)NC(=C)[C@H](C)C(OC)C1CCCN1C=O. The Balaban J connectivity index is 2.90. The monoisotopic (exact) mass is 388 g/mol. The molecule has 1 fully saturated rings. The lowest BCUT2D eigenvalue weighted by Gasteiger charge is -2.35. The maximum Gasteiger partial charge on any atom is 0.210 e. The molecule has 1 amide bonds. The minimum Gasteiger partial charge on any atom is -0.385 e. The zero-order chi connectivity index (χ0) is 21.1. The molecule has 0 aromatic rings. The van der Waals surface area contributed by atoms with Gasteiger partial charge in [-0.05, 0) is 38.7 Å². The van der Waals surface area contributed by atoms with E-state index in [2.05, 4.69) is 57.5 Å². The van der Waals surface area contributed by atoms with Crippen LogP contribution in [0.3, 0.4) is 0 Å². The second-order valence-electron chi connectivity index (χ2n) is 7.80. The van der Waals surface area contributed by atoms with E-state index in [1.807, 2.05) is 17.9 Å². The van der Waals surface area contributed by atoms with Crippen LogP contribution in [0.4, 0.5) is 0 Å². The summed E-state index contributed by atoms with van der Waals surface area (Å²) in [6, 6.07) is 0.359. The predicted octanol–water partition coefficient (Wildman–Crippen LogP) is 4.85. The maximum absolute atomic E-state index is 11.4. The van der Waals surface area contributed by atoms with E-state index in [-0.39, 0.29) is 24.1 Å². The average molecular weight is 389 g/mol. The molecule has 3 unspecified atom stereocenters. The Kier molecular flexibility index (Phi) is 10.9. The smallest absolute Gasteiger partial charge is 0.210 e. The third-order valence-corrected chi connectivity index (χ3v) is 5.89. The Bertz CT molecular complexity index is 567. The molecule has 158 valence electrons. The molecular weight excluding hydrogens is 348 g/mol. The molecule has 0 aliphatic carbocycles. The molecule has 0 bridgehead atoms. The molecule has 1 N–H and O–H groups in total. The average Bonchev–Trinajstić information content (AvgIpc) is 3.14. The molecule has 0 aromatic carbocycles. The summed E-state index contributed by atoms with van der Waals surface area (Å²) < 4.78 is 5.83. The number of carbonyl (C=O) groups is 1. The fraction of sp³-hybridized carbons (Fsp3) is 0.625. The van der Waals surface area contributed by atoms with E-state index in [0.29, 0.717) is 5.92 Å². The maximum atomic E-state index is 11.4. The number of allylic oxidation sites excluding steroid dienone is 4. The van der Waals surface area contributed by atoms with Crippen LogP contribution in [-0.2, 0) is 9.53 Å². The van der Waals surface area contributed by atoms with Crippen molar-refractivity contribution in [1.82, 2.24) is 10.2 Å². The first kappa shape index (κ1) is 24.2. The molecule has 28 heavy (non-hydrogen) atoms. The fourth-order valence-electron chi connectivity index (χ4n) is 4.36. The minimum atomic E-state index is -0.0525. The summed E-state index contributed by atoms with van der Waals surface area (Å²) in [7, 11) is 1.73. The number of carbonyl (C=O) groups excluding carboxylic acids is 1. The molecule has 4 heteroatoms. The highest BCUT2D eigenvalue weighted by Gasteiger charge is 2.35. The zero-order valence-corrected chi connectivity index (χ0v) is 18.5. The third-order valence-electron chi connectivity index (χ3n) is 5.89. The summed E-state index contributed by atoms with van der Waals surface area (Å²) in [5.74, 6) is 0.482. The standard InChI is InChI=1S/C24H40N2O2/c1-8-12-21(13-9-2)22(14-10-3)20(6)25-19(5)18(4)24(28-7)23-15-11-16-26(23)17-27/h8-9,12-13,17-18,20,22-25H,1,5,10-11,14-16H2,2-4,6-7H3/b13-9-,21-12+/t18-,20+,22?,23?,24?/m0/s1. The van der Waals surface area contributed by atoms with Crippen molar-refractivity contribution in [3.05, 3.63) is 48.7 Å². The second kappa shape index (κ2) is 12.6. The summed E-state index contributed by atoms with van der Waals surface area (Å²) in [4.78, 5) is 13.3. The predicted molar refractivity (Wildman–Crippen MR) is 119 cm³/mol. The Morgan fingerprint density at radius 1 is 1.39 bits per heavy atom. The minimum absolute atomic E-state index is 0.0525. The van der Waals surface area contributed by atoms with Crippen molar-refractivity contribution in [3.8, 4) is 0 Å². The van der Waals surface area contributed by atoms with Gasteiger partial charge in [-0.25, -0.2) is 0 Å². The Morgan fingerprint density at radius 3 is 2.64 bits per heavy atom. The highest BCUT2D eigenvalue weighted by molar-refractivity contribution is 5.48. The zero-order valence-electron chi connectivity index (χ0n) is 18.5. The number of hydrogen-bond donors (Lipinski definition) is 1. The largest absolute Gasteiger partial charge is 0.385 e. The summed E-state index contributed by atoms with van der Waals surface area (Å²) in [5.41, 5.74) is 2.25. The van der Waals surface area contributed by atoms with E-state index in [9.17, 15) is 4.79 Å². The Hall–Kier alpha value is -1.81. The van der Waals surface area contributed by atoms with Crippen LogP contribution >= 0.6 is 0 Å². The molecule has 0 spiro atoms. The van der Waals surface area contributed by atoms with Crippen molar-refractivity contribution in [2.45, 2.75) is 71.6 Å². The van der Waals surface area contributed by atoms with Gasteiger partial charge in [0.05, 0.1) is 12.1 Å². The van der Waals surface area contributed by atoms with E-state index in [1.54, 1.807) is 7.11 Å². The van der Waals surface area contributed by atoms with Gasteiger partial charge in [-0.2, -0.15) is 0 Å². The van der Waals surface area contributed by atoms with Gasteiger partial charge in [-0.1, -0.05) is 57.7 Å². The van der Waals surface area contributed by atoms with Gasteiger partial charge in [-0.15, -0.1) is 0 Å². The van der Waals surface area contributed by atoms with Gasteiger partial charge in [-0.3, -0.25) is 4.79 Å². The first-order valence-electron chi connectivity index (χ1n) is 10.6. The molecular formula is C24H40N2O2. The molecule has 1 saturated heterocycles. The number of nitrogens with one attached hydrogen (secondary N) is 1. The molecule has 1 aliphatic heterocycles. The van der Waals surface area contributed by atoms with E-state index in [0.717, 1.165) is 44.3 Å². The van der Waals surface area contributed by atoms with Crippen molar-refractivity contribution in [3.63, 3.8) is 0 Å². The van der Waals surface area contributed by atoms with Gasteiger partial charge >= 0.3 is 0 Å². The molecule has 4 nitrogen and oxygen atoms in total. The third kappa shape index (κ3) is 6.37. The number of hydrogen-bond acceptors (Lipinski definition) is 3. The van der Waals surface area contributed by atoms with Crippen LogP contribution in [0.25, 0.3) is 0 Å². The lowest BCUT2D eigenvalue weighted by Crippen LogP contribution is -2.46. The van der Waals surface area contributed by atoms with Crippen molar-refractivity contribution >= 4 is 6.41 Å². The van der Waals surface area contributed by atoms with Crippen LogP contribution < -0.4 is 5.32 Å². The number of amides is 1. The highest BCUT2D eigenvalue weighted by atomic mass is 16.5. The van der Waals surface area contributed by atoms with Gasteiger partial charge in [0.1, 0.15) is 0 Å². The first-order valence-corrected chi connectivity index (χ1v) is 10.6. The first-order chi connectivity index (χ1) is 13.4. The van der Waals surface area contributed by atoms with E-state index in [1.165, 1.54) is 5.57 Å². The van der Waals surface area contributed by atoms with Crippen LogP contribution in [-0.4, -0.2) is 43.2 Å². The molecule has 1 heterocycles. The summed E-state index contributed by atoms with van der Waals surface area (Å²) in [6.45, 7) is 17.6. The van der Waals surface area contributed by atoms with Crippen LogP contribution in [0, 0.1) is 11.8 Å². The van der Waals surface area contributed by atoms with E-state index in [4.69, 9.17) is 4.74 Å². The topological polar surface area (TPSA) is 41.6 Å². The second-order valence-corrected chi connectivity index (χ2v) is 7.80. The van der Waals surface area contributed by atoms with Gasteiger partial charge in [0, 0.05) is 37.2 Å². The van der Waals surface area contributed by atoms with Crippen molar-refractivity contribution in [2.75, 3.05) is 13.7 Å². The van der Waals surface area contributed by atoms with Gasteiger partial charge in [0.15, 0.2) is 0 Å². The molecule has 0 saturated carbocycles. The number of ether oxygens (including phenoxy) is 1. The molecule has 1 rings (SSSR count). The molecule has 0 radical (unpaired) electrons. The van der Waals surface area contributed by atoms with Crippen LogP contribution in [0.15, 0.2) is 48.7 Å². The lowest BCUT2D eigenvalue weighted by atomic mass is 9.86. The fourth-order valence-corrected chi connectivity index (χ4v) is 4.36. The molecule has 0 aromatic heterocycles. The number of methoxy groups -OCH3 is 1. The summed E-state index contributed by atoms with van der Waals surface area (Å²) in [6.07, 6.45) is 13.3. The van der Waals surface area contributed by atoms with Crippen molar-refractivity contribution in [2.24, 2.45) is 11.8 Å². The summed E-state index contributed by atoms with van der Waals surface area (Å²) in [5, 5.41) is 3.64. The normalized spacial score (nSPS) is 22.0. The van der Waals surface area contributed by atoms with Crippen molar-refractivity contribution in [1.29, 1.82) is 0 Å².